The van der Waals surface area contributed by atoms with Crippen molar-refractivity contribution in [2.24, 2.45) is 4.99 Å². The summed E-state index contributed by atoms with van der Waals surface area (Å²) in [4.78, 5) is 24.7. The minimum atomic E-state index is -0.189. The van der Waals surface area contributed by atoms with E-state index < -0.39 is 0 Å². The molecule has 2 atom stereocenters. The van der Waals surface area contributed by atoms with Crippen LogP contribution in [0.15, 0.2) is 57.6 Å². The van der Waals surface area contributed by atoms with Gasteiger partial charge in [0.1, 0.15) is 5.76 Å². The molecule has 3 heterocycles. The van der Waals surface area contributed by atoms with Crippen LogP contribution < -0.4 is 15.5 Å². The number of alkyl halides is 1. The van der Waals surface area contributed by atoms with E-state index in [1.54, 1.807) is 18.9 Å². The Morgan fingerprint density at radius 2 is 1.83 bits per heavy atom. The maximum atomic E-state index is 5.44. The van der Waals surface area contributed by atoms with E-state index >= 15 is 0 Å². The van der Waals surface area contributed by atoms with Gasteiger partial charge in [-0.1, -0.05) is 45.9 Å². The van der Waals surface area contributed by atoms with Crippen LogP contribution in [0.1, 0.15) is 12.8 Å². The average Bonchev–Trinajstić information content (AvgIpc) is 3.33. The third-order valence-electron chi connectivity index (χ3n) is 6.13. The van der Waals surface area contributed by atoms with Gasteiger partial charge in [0.2, 0.25) is 17.8 Å². The predicted molar refractivity (Wildman–Crippen MR) is 147 cm³/mol. The summed E-state index contributed by atoms with van der Waals surface area (Å²) in [5.74, 6) is 2.69. The number of anilines is 4. The number of ether oxygens (including phenoxy) is 1. The SMILES string of the molecule is COC1=CC/C(=C2/C=NC(Nc3nc(Nc4ccccc4)nc(N4CCN(C)CC4)n3)S2)CC1Br. The molecule has 2 aromatic rings. The number of thioether (sulfide) groups is 1. The molecule has 0 spiro atoms. The van der Waals surface area contributed by atoms with Crippen LogP contribution in [0.4, 0.5) is 23.5 Å². The largest absolute Gasteiger partial charge is 0.500 e. The van der Waals surface area contributed by atoms with Crippen LogP contribution >= 0.6 is 27.7 Å². The molecule has 1 aromatic heterocycles. The third kappa shape index (κ3) is 5.96. The number of nitrogens with one attached hydrogen (secondary N) is 2. The average molecular weight is 558 g/mol. The summed E-state index contributed by atoms with van der Waals surface area (Å²) in [6.07, 6.45) is 5.87. The first-order chi connectivity index (χ1) is 17.1. The Labute approximate surface area is 218 Å². The van der Waals surface area contributed by atoms with E-state index in [4.69, 9.17) is 14.7 Å². The highest BCUT2D eigenvalue weighted by atomic mass is 79.9. The van der Waals surface area contributed by atoms with Crippen LogP contribution in [-0.2, 0) is 4.74 Å². The Kier molecular flexibility index (Phi) is 7.54. The highest BCUT2D eigenvalue weighted by Crippen LogP contribution is 2.38. The number of rotatable bonds is 6. The second-order valence-corrected chi connectivity index (χ2v) is 10.8. The summed E-state index contributed by atoms with van der Waals surface area (Å²) in [6.45, 7) is 3.71. The zero-order valence-electron chi connectivity index (χ0n) is 19.8. The number of hydrogen-bond acceptors (Lipinski definition) is 10. The van der Waals surface area contributed by atoms with Crippen LogP contribution in [0.5, 0.6) is 0 Å². The summed E-state index contributed by atoms with van der Waals surface area (Å²) < 4.78 is 5.44. The van der Waals surface area contributed by atoms with E-state index in [1.165, 1.54) is 10.5 Å². The van der Waals surface area contributed by atoms with Gasteiger partial charge in [0.15, 0.2) is 5.50 Å². The number of hydrogen-bond donors (Lipinski definition) is 2. The number of likely N-dealkylation sites (N-methyl/N-ethyl adjacent to an activating group) is 1. The van der Waals surface area contributed by atoms with E-state index in [1.807, 2.05) is 36.5 Å². The maximum Gasteiger partial charge on any atom is 0.233 e. The Morgan fingerprint density at radius 1 is 1.06 bits per heavy atom. The second kappa shape index (κ2) is 11.0. The Hall–Kier alpha value is -2.63. The van der Waals surface area contributed by atoms with Gasteiger partial charge >= 0.3 is 0 Å². The number of piperazine rings is 1. The van der Waals surface area contributed by atoms with Crippen LogP contribution in [-0.4, -0.2) is 76.7 Å². The molecule has 0 bridgehead atoms. The van der Waals surface area contributed by atoms with Crippen LogP contribution in [0, 0.1) is 0 Å². The molecule has 1 saturated heterocycles. The fraction of sp³-hybridized carbons (Fsp3) is 0.417. The van der Waals surface area contributed by atoms with Gasteiger partial charge in [-0.15, -0.1) is 0 Å². The van der Waals surface area contributed by atoms with E-state index in [0.29, 0.717) is 17.8 Å². The molecule has 1 fully saturated rings. The molecule has 35 heavy (non-hydrogen) atoms. The van der Waals surface area contributed by atoms with Gasteiger partial charge < -0.3 is 25.2 Å². The molecule has 1 aliphatic carbocycles. The van der Waals surface area contributed by atoms with Gasteiger partial charge in [-0.05, 0) is 43.7 Å². The molecule has 2 unspecified atom stereocenters. The lowest BCUT2D eigenvalue weighted by atomic mass is 9.99. The van der Waals surface area contributed by atoms with Gasteiger partial charge in [-0.3, -0.25) is 4.99 Å². The lowest BCUT2D eigenvalue weighted by Gasteiger charge is -2.32. The topological polar surface area (TPSA) is 90.8 Å². The lowest BCUT2D eigenvalue weighted by molar-refractivity contribution is 0.276. The van der Waals surface area contributed by atoms with Gasteiger partial charge in [-0.2, -0.15) is 15.0 Å². The summed E-state index contributed by atoms with van der Waals surface area (Å²) in [7, 11) is 3.85. The fourth-order valence-corrected chi connectivity index (χ4v) is 5.86. The summed E-state index contributed by atoms with van der Waals surface area (Å²) in [5, 5.41) is 6.71. The summed E-state index contributed by atoms with van der Waals surface area (Å²) >= 11 is 5.41. The highest BCUT2D eigenvalue weighted by molar-refractivity contribution is 9.09. The van der Waals surface area contributed by atoms with Gasteiger partial charge in [0.25, 0.3) is 0 Å². The van der Waals surface area contributed by atoms with Crippen molar-refractivity contribution >= 4 is 57.4 Å². The zero-order valence-corrected chi connectivity index (χ0v) is 22.2. The van der Waals surface area contributed by atoms with Crippen molar-refractivity contribution in [2.75, 3.05) is 55.9 Å². The molecule has 11 heteroatoms. The van der Waals surface area contributed by atoms with E-state index in [9.17, 15) is 0 Å². The normalized spacial score (nSPS) is 24.9. The van der Waals surface area contributed by atoms with Crippen molar-refractivity contribution in [3.05, 3.63) is 52.6 Å². The first-order valence-electron chi connectivity index (χ1n) is 11.7. The molecule has 1 aromatic carbocycles. The first kappa shape index (κ1) is 24.1. The summed E-state index contributed by atoms with van der Waals surface area (Å²) in [5.41, 5.74) is 2.09. The van der Waals surface area contributed by atoms with Crippen molar-refractivity contribution in [2.45, 2.75) is 23.2 Å². The van der Waals surface area contributed by atoms with Crippen LogP contribution in [0.25, 0.3) is 0 Å². The van der Waals surface area contributed by atoms with Crippen molar-refractivity contribution < 1.29 is 4.74 Å². The van der Waals surface area contributed by atoms with Crippen molar-refractivity contribution in [3.63, 3.8) is 0 Å². The minimum Gasteiger partial charge on any atom is -0.500 e. The molecule has 5 rings (SSSR count). The number of benzene rings is 1. The molecule has 3 aliphatic rings. The monoisotopic (exact) mass is 556 g/mol. The number of aliphatic imine (C=N–C) groups is 1. The van der Waals surface area contributed by atoms with Gasteiger partial charge in [-0.25, -0.2) is 0 Å². The summed E-state index contributed by atoms with van der Waals surface area (Å²) in [6, 6.07) is 9.94. The number of halogens is 1. The number of para-hydroxylation sites is 1. The van der Waals surface area contributed by atoms with Crippen LogP contribution in [0.3, 0.4) is 0 Å². The van der Waals surface area contributed by atoms with Crippen LogP contribution in [0.2, 0.25) is 0 Å². The molecule has 9 nitrogen and oxygen atoms in total. The van der Waals surface area contributed by atoms with Crippen molar-refractivity contribution in [1.29, 1.82) is 0 Å². The number of allylic oxidation sites excluding steroid dienone is 4. The third-order valence-corrected chi connectivity index (χ3v) is 8.01. The number of aromatic nitrogens is 3. The smallest absolute Gasteiger partial charge is 0.233 e. The van der Waals surface area contributed by atoms with E-state index in [2.05, 4.69) is 59.5 Å². The molecular weight excluding hydrogens is 528 g/mol. The minimum absolute atomic E-state index is 0.189. The number of methoxy groups -OCH3 is 1. The Bertz CT molecular complexity index is 1130. The molecule has 0 radical (unpaired) electrons. The van der Waals surface area contributed by atoms with Gasteiger partial charge in [0, 0.05) is 43.0 Å². The highest BCUT2D eigenvalue weighted by Gasteiger charge is 2.26. The van der Waals surface area contributed by atoms with E-state index in [-0.39, 0.29) is 10.3 Å². The molecule has 2 aliphatic heterocycles. The number of nitrogens with zero attached hydrogens (tertiary/aromatic N) is 6. The van der Waals surface area contributed by atoms with Crippen molar-refractivity contribution in [3.8, 4) is 0 Å². The van der Waals surface area contributed by atoms with Gasteiger partial charge in [0.05, 0.1) is 11.9 Å². The lowest BCUT2D eigenvalue weighted by Crippen LogP contribution is -2.45. The zero-order chi connectivity index (χ0) is 24.2. The Balaban J connectivity index is 1.34. The van der Waals surface area contributed by atoms with Crippen molar-refractivity contribution in [1.82, 2.24) is 19.9 Å². The standard InChI is InChI=1S/C24H29BrN8OS/c1-32-10-12-33(13-11-32)23-29-21(27-17-6-4-3-5-7-17)28-22(30-23)31-24-26-15-20(35-24)16-8-9-19(34-2)18(25)14-16/h3-7,9,15,18,24H,8,10-14H2,1-2H3,(H2,27,28,29,30,31)/b20-16+. The Morgan fingerprint density at radius 3 is 2.57 bits per heavy atom. The second-order valence-electron chi connectivity index (χ2n) is 8.61. The molecule has 0 amide bonds. The quantitative estimate of drug-likeness (QED) is 0.507. The first-order valence-corrected chi connectivity index (χ1v) is 13.4. The fourth-order valence-electron chi connectivity index (χ4n) is 4.12. The molecule has 2 N–H and O–H groups in total. The molecule has 184 valence electrons. The molecule has 0 saturated carbocycles. The molecular formula is C24H29BrN8OS. The maximum absolute atomic E-state index is 5.44. The predicted octanol–water partition coefficient (Wildman–Crippen LogP) is 4.22. The van der Waals surface area contributed by atoms with E-state index in [0.717, 1.165) is 50.5 Å².